The van der Waals surface area contributed by atoms with E-state index in [0.717, 1.165) is 32.2 Å². The molecule has 2 amide bonds. The van der Waals surface area contributed by atoms with E-state index in [1.54, 1.807) is 0 Å². The van der Waals surface area contributed by atoms with Crippen molar-refractivity contribution in [1.82, 2.24) is 9.80 Å². The van der Waals surface area contributed by atoms with Gasteiger partial charge < -0.3 is 14.9 Å². The van der Waals surface area contributed by atoms with Gasteiger partial charge in [0.25, 0.3) is 0 Å². The zero-order chi connectivity index (χ0) is 14.7. The van der Waals surface area contributed by atoms with Crippen LogP contribution in [0.3, 0.4) is 0 Å². The van der Waals surface area contributed by atoms with E-state index in [-0.39, 0.29) is 24.5 Å². The van der Waals surface area contributed by atoms with Crippen LogP contribution in [0.4, 0.5) is 4.79 Å². The van der Waals surface area contributed by atoms with Crippen molar-refractivity contribution in [2.24, 2.45) is 5.92 Å². The first-order chi connectivity index (χ1) is 9.49. The van der Waals surface area contributed by atoms with Crippen LogP contribution in [-0.2, 0) is 4.79 Å². The molecular weight excluding hydrogens is 256 g/mol. The molecule has 0 spiro atoms. The lowest BCUT2D eigenvalue weighted by atomic mass is 9.94. The molecule has 3 atom stereocenters. The Hall–Kier alpha value is -1.26. The normalized spacial score (nSPS) is 31.2. The van der Waals surface area contributed by atoms with Crippen LogP contribution in [0.2, 0.25) is 0 Å². The summed E-state index contributed by atoms with van der Waals surface area (Å²) in [4.78, 5) is 27.5. The topological polar surface area (TPSA) is 60.9 Å². The van der Waals surface area contributed by atoms with Crippen LogP contribution in [0, 0.1) is 5.92 Å². The number of likely N-dealkylation sites (tertiary alicyclic amines) is 2. The van der Waals surface area contributed by atoms with Gasteiger partial charge in [0.15, 0.2) is 0 Å². The maximum atomic E-state index is 12.8. The van der Waals surface area contributed by atoms with Gasteiger partial charge in [-0.25, -0.2) is 4.79 Å². The molecule has 0 aromatic rings. The van der Waals surface area contributed by atoms with Gasteiger partial charge in [0.1, 0.15) is 0 Å². The molecule has 20 heavy (non-hydrogen) atoms. The van der Waals surface area contributed by atoms with Crippen LogP contribution in [0.5, 0.6) is 0 Å². The van der Waals surface area contributed by atoms with Gasteiger partial charge in [-0.3, -0.25) is 4.79 Å². The lowest BCUT2D eigenvalue weighted by Crippen LogP contribution is -2.55. The number of carbonyl (C=O) groups excluding carboxylic acids is 1. The quantitative estimate of drug-likeness (QED) is 0.846. The van der Waals surface area contributed by atoms with Crippen molar-refractivity contribution in [3.05, 3.63) is 0 Å². The van der Waals surface area contributed by atoms with Crippen molar-refractivity contribution in [3.8, 4) is 0 Å². The van der Waals surface area contributed by atoms with Gasteiger partial charge in [-0.1, -0.05) is 6.92 Å². The molecule has 2 heterocycles. The Bertz CT molecular complexity index is 372. The summed E-state index contributed by atoms with van der Waals surface area (Å²) in [6, 6.07) is 0.194. The zero-order valence-electron chi connectivity index (χ0n) is 12.5. The molecule has 2 aliphatic heterocycles. The van der Waals surface area contributed by atoms with Crippen LogP contribution in [0.25, 0.3) is 0 Å². The lowest BCUT2D eigenvalue weighted by molar-refractivity contribution is -0.138. The highest BCUT2D eigenvalue weighted by atomic mass is 16.4. The largest absolute Gasteiger partial charge is 0.481 e. The first kappa shape index (κ1) is 15.1. The van der Waals surface area contributed by atoms with Gasteiger partial charge in [-0.15, -0.1) is 0 Å². The lowest BCUT2D eigenvalue weighted by Gasteiger charge is -2.43. The molecule has 0 radical (unpaired) electrons. The fourth-order valence-electron chi connectivity index (χ4n) is 3.39. The number of hydrogen-bond acceptors (Lipinski definition) is 2. The molecule has 0 aromatic heterocycles. The van der Waals surface area contributed by atoms with Crippen molar-refractivity contribution >= 4 is 12.0 Å². The number of hydrogen-bond donors (Lipinski definition) is 1. The first-order valence-corrected chi connectivity index (χ1v) is 7.78. The van der Waals surface area contributed by atoms with E-state index in [2.05, 4.69) is 13.8 Å². The minimum atomic E-state index is -0.810. The number of piperidine rings is 2. The molecule has 2 fully saturated rings. The predicted molar refractivity (Wildman–Crippen MR) is 76.6 cm³/mol. The Morgan fingerprint density at radius 2 is 1.85 bits per heavy atom. The fourth-order valence-corrected chi connectivity index (χ4v) is 3.39. The molecule has 0 aliphatic carbocycles. The summed E-state index contributed by atoms with van der Waals surface area (Å²) in [5.74, 6) is -0.271. The summed E-state index contributed by atoms with van der Waals surface area (Å²) >= 11 is 0. The number of rotatable bonds is 2. The maximum Gasteiger partial charge on any atom is 0.320 e. The van der Waals surface area contributed by atoms with E-state index in [0.29, 0.717) is 12.5 Å². The third kappa shape index (κ3) is 3.44. The molecule has 2 saturated heterocycles. The number of nitrogens with zero attached hydrogens (tertiary/aromatic N) is 2. The molecule has 0 bridgehead atoms. The minimum Gasteiger partial charge on any atom is -0.481 e. The van der Waals surface area contributed by atoms with Gasteiger partial charge in [0, 0.05) is 25.2 Å². The second-order valence-electron chi connectivity index (χ2n) is 6.41. The highest BCUT2D eigenvalue weighted by molar-refractivity contribution is 5.76. The Labute approximate surface area is 120 Å². The van der Waals surface area contributed by atoms with Crippen molar-refractivity contribution in [1.29, 1.82) is 0 Å². The molecule has 5 heteroatoms. The zero-order valence-corrected chi connectivity index (χ0v) is 12.5. The summed E-state index contributed by atoms with van der Waals surface area (Å²) in [6.07, 6.45) is 5.11. The number of aliphatic carboxylic acids is 1. The number of carbonyl (C=O) groups is 2. The summed E-state index contributed by atoms with van der Waals surface area (Å²) in [5.41, 5.74) is 0. The molecule has 2 rings (SSSR count). The first-order valence-electron chi connectivity index (χ1n) is 7.78. The summed E-state index contributed by atoms with van der Waals surface area (Å²) < 4.78 is 0. The second kappa shape index (κ2) is 6.46. The van der Waals surface area contributed by atoms with Gasteiger partial charge in [-0.2, -0.15) is 0 Å². The standard InChI is InChI=1S/C15H26N2O3/c1-11-6-7-12(2)17(10-11)15(20)16-8-4-3-5-13(16)9-14(18)19/h11-13H,3-10H2,1-2H3,(H,18,19). The van der Waals surface area contributed by atoms with Crippen LogP contribution < -0.4 is 0 Å². The van der Waals surface area contributed by atoms with Crippen molar-refractivity contribution in [3.63, 3.8) is 0 Å². The number of carboxylic acid groups (broad SMARTS) is 1. The second-order valence-corrected chi connectivity index (χ2v) is 6.41. The van der Waals surface area contributed by atoms with Crippen molar-refractivity contribution < 1.29 is 14.7 Å². The monoisotopic (exact) mass is 282 g/mol. The van der Waals surface area contributed by atoms with Crippen molar-refractivity contribution in [2.75, 3.05) is 13.1 Å². The maximum absolute atomic E-state index is 12.8. The predicted octanol–water partition coefficient (Wildman–Crippen LogP) is 2.56. The molecule has 1 N–H and O–H groups in total. The molecule has 0 saturated carbocycles. The highest BCUT2D eigenvalue weighted by Gasteiger charge is 2.35. The molecule has 3 unspecified atom stereocenters. The van der Waals surface area contributed by atoms with Crippen molar-refractivity contribution in [2.45, 2.75) is 64.5 Å². The van der Waals surface area contributed by atoms with Crippen LogP contribution in [-0.4, -0.2) is 52.1 Å². The van der Waals surface area contributed by atoms with E-state index in [4.69, 9.17) is 5.11 Å². The summed E-state index contributed by atoms with van der Waals surface area (Å²) in [5, 5.41) is 9.02. The highest BCUT2D eigenvalue weighted by Crippen LogP contribution is 2.26. The minimum absolute atomic E-state index is 0.0509. The van der Waals surface area contributed by atoms with Gasteiger partial charge >= 0.3 is 12.0 Å². The van der Waals surface area contributed by atoms with E-state index < -0.39 is 5.97 Å². The average molecular weight is 282 g/mol. The molecule has 114 valence electrons. The van der Waals surface area contributed by atoms with E-state index >= 15 is 0 Å². The Morgan fingerprint density at radius 1 is 1.10 bits per heavy atom. The molecular formula is C15H26N2O3. The van der Waals surface area contributed by atoms with Crippen LogP contribution >= 0.6 is 0 Å². The fraction of sp³-hybridized carbons (Fsp3) is 0.867. The SMILES string of the molecule is CC1CCC(C)N(C(=O)N2CCCCC2CC(=O)O)C1. The van der Waals surface area contributed by atoms with Gasteiger partial charge in [0.05, 0.1) is 6.42 Å². The Morgan fingerprint density at radius 3 is 2.55 bits per heavy atom. The average Bonchev–Trinajstić information content (AvgIpc) is 2.41. The number of amides is 2. The van der Waals surface area contributed by atoms with Crippen LogP contribution in [0.1, 0.15) is 52.4 Å². The summed E-state index contributed by atoms with van der Waals surface area (Å²) in [6.45, 7) is 5.78. The summed E-state index contributed by atoms with van der Waals surface area (Å²) in [7, 11) is 0. The molecule has 5 nitrogen and oxygen atoms in total. The van der Waals surface area contributed by atoms with E-state index in [1.807, 2.05) is 9.80 Å². The van der Waals surface area contributed by atoms with E-state index in [1.165, 1.54) is 6.42 Å². The molecule has 2 aliphatic rings. The Balaban J connectivity index is 2.06. The third-order valence-corrected chi connectivity index (χ3v) is 4.65. The number of urea groups is 1. The molecule has 0 aromatic carbocycles. The Kier molecular flexibility index (Phi) is 4.89. The van der Waals surface area contributed by atoms with Gasteiger partial charge in [0.2, 0.25) is 0 Å². The third-order valence-electron chi connectivity index (χ3n) is 4.65. The smallest absolute Gasteiger partial charge is 0.320 e. The number of carboxylic acids is 1. The van der Waals surface area contributed by atoms with Crippen LogP contribution in [0.15, 0.2) is 0 Å². The van der Waals surface area contributed by atoms with E-state index in [9.17, 15) is 9.59 Å². The van der Waals surface area contributed by atoms with Gasteiger partial charge in [-0.05, 0) is 44.9 Å².